The van der Waals surface area contributed by atoms with E-state index in [4.69, 9.17) is 21.3 Å². The van der Waals surface area contributed by atoms with Gasteiger partial charge < -0.3 is 9.30 Å². The van der Waals surface area contributed by atoms with E-state index >= 15 is 0 Å². The largest absolute Gasteiger partial charge is 0.374 e. The fraction of sp³-hybridized carbons (Fsp3) is 0.562. The molecule has 2 aromatic rings. The van der Waals surface area contributed by atoms with Crippen LogP contribution in [0.5, 0.6) is 0 Å². The maximum atomic E-state index is 5.92. The number of aromatic nitrogens is 2. The molecule has 2 rings (SSSR count). The van der Waals surface area contributed by atoms with Crippen molar-refractivity contribution in [3.8, 4) is 0 Å². The minimum atomic E-state index is -0.217. The van der Waals surface area contributed by atoms with Crippen molar-refractivity contribution in [1.82, 2.24) is 9.55 Å². The molecule has 0 unspecified atom stereocenters. The Hall–Kier alpha value is -1.06. The van der Waals surface area contributed by atoms with Crippen molar-refractivity contribution in [3.05, 3.63) is 29.6 Å². The number of halogens is 1. The molecule has 0 aliphatic heterocycles. The van der Waals surface area contributed by atoms with Crippen LogP contribution >= 0.6 is 11.6 Å². The summed E-state index contributed by atoms with van der Waals surface area (Å²) < 4.78 is 8.11. The maximum Gasteiger partial charge on any atom is 0.111 e. The van der Waals surface area contributed by atoms with Crippen LogP contribution in [0.25, 0.3) is 11.0 Å². The van der Waals surface area contributed by atoms with Crippen LogP contribution in [0, 0.1) is 6.92 Å². The van der Waals surface area contributed by atoms with Gasteiger partial charge in [-0.3, -0.25) is 0 Å². The standard InChI is InChI=1S/C16H23ClN2O/c1-5-20-16(3,4)11-19-14(9-10-17)18-13-8-6-7-12(2)15(13)19/h6-8H,5,9-11H2,1-4H3. The molecule has 0 spiro atoms. The molecule has 0 fully saturated rings. The molecule has 1 heterocycles. The summed E-state index contributed by atoms with van der Waals surface area (Å²) in [5, 5.41) is 0. The first-order chi connectivity index (χ1) is 9.48. The first kappa shape index (κ1) is 15.3. The molecular formula is C16H23ClN2O. The molecule has 0 radical (unpaired) electrons. The van der Waals surface area contributed by atoms with Crippen molar-refractivity contribution >= 4 is 22.6 Å². The molecule has 3 nitrogen and oxygen atoms in total. The quantitative estimate of drug-likeness (QED) is 0.755. The van der Waals surface area contributed by atoms with Crippen LogP contribution in [0.3, 0.4) is 0 Å². The van der Waals surface area contributed by atoms with Gasteiger partial charge in [-0.15, -0.1) is 11.6 Å². The monoisotopic (exact) mass is 294 g/mol. The molecule has 0 aliphatic carbocycles. The number of nitrogens with zero attached hydrogens (tertiary/aromatic N) is 2. The number of fused-ring (bicyclic) bond motifs is 1. The Bertz CT molecular complexity index is 589. The van der Waals surface area contributed by atoms with Crippen molar-refractivity contribution in [2.45, 2.75) is 46.3 Å². The van der Waals surface area contributed by atoms with Crippen molar-refractivity contribution in [2.24, 2.45) is 0 Å². The van der Waals surface area contributed by atoms with Crippen molar-refractivity contribution in [2.75, 3.05) is 12.5 Å². The molecule has 0 N–H and O–H groups in total. The van der Waals surface area contributed by atoms with Crippen LogP contribution in [0.1, 0.15) is 32.2 Å². The van der Waals surface area contributed by atoms with Gasteiger partial charge >= 0.3 is 0 Å². The van der Waals surface area contributed by atoms with Crippen LogP contribution in [0.2, 0.25) is 0 Å². The Labute approximate surface area is 125 Å². The second kappa shape index (κ2) is 6.15. The number of hydrogen-bond acceptors (Lipinski definition) is 2. The van der Waals surface area contributed by atoms with E-state index in [1.807, 2.05) is 13.0 Å². The SMILES string of the molecule is CCOC(C)(C)Cn1c(CCCl)nc2cccc(C)c21. The number of ether oxygens (including phenoxy) is 1. The molecule has 20 heavy (non-hydrogen) atoms. The number of alkyl halides is 1. The Morgan fingerprint density at radius 3 is 2.75 bits per heavy atom. The minimum absolute atomic E-state index is 0.217. The molecule has 0 saturated heterocycles. The van der Waals surface area contributed by atoms with Gasteiger partial charge in [0.1, 0.15) is 5.82 Å². The summed E-state index contributed by atoms with van der Waals surface area (Å²) in [5.41, 5.74) is 3.26. The Kier molecular flexibility index (Phi) is 4.71. The van der Waals surface area contributed by atoms with Gasteiger partial charge in [-0.1, -0.05) is 12.1 Å². The van der Waals surface area contributed by atoms with Crippen molar-refractivity contribution < 1.29 is 4.74 Å². The highest BCUT2D eigenvalue weighted by Gasteiger charge is 2.22. The lowest BCUT2D eigenvalue weighted by Crippen LogP contribution is -2.31. The lowest BCUT2D eigenvalue weighted by atomic mass is 10.1. The zero-order chi connectivity index (χ0) is 14.8. The number of para-hydroxylation sites is 1. The Morgan fingerprint density at radius 2 is 2.10 bits per heavy atom. The second-order valence-corrected chi connectivity index (χ2v) is 6.07. The second-order valence-electron chi connectivity index (χ2n) is 5.69. The lowest BCUT2D eigenvalue weighted by molar-refractivity contribution is -0.0221. The molecule has 0 amide bonds. The highest BCUT2D eigenvalue weighted by atomic mass is 35.5. The molecule has 1 aromatic carbocycles. The van der Waals surface area contributed by atoms with Crippen LogP contribution in [-0.4, -0.2) is 27.6 Å². The lowest BCUT2D eigenvalue weighted by Gasteiger charge is -2.26. The summed E-state index contributed by atoms with van der Waals surface area (Å²) in [6.45, 7) is 9.88. The van der Waals surface area contributed by atoms with Gasteiger partial charge in [-0.2, -0.15) is 0 Å². The van der Waals surface area contributed by atoms with E-state index in [0.29, 0.717) is 12.5 Å². The predicted molar refractivity (Wildman–Crippen MR) is 84.6 cm³/mol. The fourth-order valence-electron chi connectivity index (χ4n) is 2.68. The number of benzene rings is 1. The van der Waals surface area contributed by atoms with Gasteiger partial charge in [-0.05, 0) is 39.3 Å². The van der Waals surface area contributed by atoms with Crippen LogP contribution < -0.4 is 0 Å². The number of rotatable bonds is 6. The third-order valence-corrected chi connectivity index (χ3v) is 3.63. The van der Waals surface area contributed by atoms with E-state index in [1.165, 1.54) is 11.1 Å². The maximum absolute atomic E-state index is 5.92. The summed E-state index contributed by atoms with van der Waals surface area (Å²) in [7, 11) is 0. The van der Waals surface area contributed by atoms with Gasteiger partial charge in [0.2, 0.25) is 0 Å². The average Bonchev–Trinajstić information content (AvgIpc) is 2.68. The van der Waals surface area contributed by atoms with E-state index in [0.717, 1.165) is 24.3 Å². The number of imidazole rings is 1. The summed E-state index contributed by atoms with van der Waals surface area (Å²) >= 11 is 5.92. The summed E-state index contributed by atoms with van der Waals surface area (Å²) in [4.78, 5) is 4.73. The molecular weight excluding hydrogens is 272 g/mol. The highest BCUT2D eigenvalue weighted by Crippen LogP contribution is 2.24. The zero-order valence-corrected chi connectivity index (χ0v) is 13.5. The zero-order valence-electron chi connectivity index (χ0n) is 12.7. The molecule has 0 atom stereocenters. The normalized spacial score (nSPS) is 12.2. The van der Waals surface area contributed by atoms with Crippen molar-refractivity contribution in [1.29, 1.82) is 0 Å². The van der Waals surface area contributed by atoms with Crippen LogP contribution in [-0.2, 0) is 17.7 Å². The summed E-state index contributed by atoms with van der Waals surface area (Å²) in [6.07, 6.45) is 0.776. The van der Waals surface area contributed by atoms with Crippen LogP contribution in [0.4, 0.5) is 0 Å². The van der Waals surface area contributed by atoms with E-state index in [1.54, 1.807) is 0 Å². The van der Waals surface area contributed by atoms with Gasteiger partial charge in [0.05, 0.1) is 23.2 Å². The van der Waals surface area contributed by atoms with Gasteiger partial charge in [0.25, 0.3) is 0 Å². The van der Waals surface area contributed by atoms with Gasteiger partial charge in [-0.25, -0.2) is 4.98 Å². The predicted octanol–water partition coefficient (Wildman–Crippen LogP) is 3.94. The molecule has 0 saturated carbocycles. The smallest absolute Gasteiger partial charge is 0.111 e. The topological polar surface area (TPSA) is 27.1 Å². The van der Waals surface area contributed by atoms with Gasteiger partial charge in [0, 0.05) is 18.9 Å². The first-order valence-corrected chi connectivity index (χ1v) is 7.66. The molecule has 4 heteroatoms. The summed E-state index contributed by atoms with van der Waals surface area (Å²) in [6, 6.07) is 6.23. The Morgan fingerprint density at radius 1 is 1.35 bits per heavy atom. The molecule has 1 aromatic heterocycles. The molecule has 110 valence electrons. The van der Waals surface area contributed by atoms with E-state index in [9.17, 15) is 0 Å². The van der Waals surface area contributed by atoms with E-state index in [-0.39, 0.29) is 5.60 Å². The minimum Gasteiger partial charge on any atom is -0.374 e. The van der Waals surface area contributed by atoms with Crippen LogP contribution in [0.15, 0.2) is 18.2 Å². The molecule has 0 bridgehead atoms. The van der Waals surface area contributed by atoms with E-state index in [2.05, 4.69) is 37.5 Å². The third kappa shape index (κ3) is 3.15. The first-order valence-electron chi connectivity index (χ1n) is 7.13. The Balaban J connectivity index is 2.50. The van der Waals surface area contributed by atoms with E-state index < -0.39 is 0 Å². The van der Waals surface area contributed by atoms with Crippen molar-refractivity contribution in [3.63, 3.8) is 0 Å². The number of aryl methyl sites for hydroxylation is 2. The highest BCUT2D eigenvalue weighted by molar-refractivity contribution is 6.17. The molecule has 0 aliphatic rings. The average molecular weight is 295 g/mol. The number of hydrogen-bond donors (Lipinski definition) is 0. The van der Waals surface area contributed by atoms with Gasteiger partial charge in [0.15, 0.2) is 0 Å². The third-order valence-electron chi connectivity index (χ3n) is 3.44. The summed E-state index contributed by atoms with van der Waals surface area (Å²) in [5.74, 6) is 1.62. The fourth-order valence-corrected chi connectivity index (χ4v) is 2.85.